The van der Waals surface area contributed by atoms with Crippen LogP contribution in [0.5, 0.6) is 0 Å². The molecule has 126 valence electrons. The van der Waals surface area contributed by atoms with E-state index < -0.39 is 29.9 Å². The average molecular weight is 331 g/mol. The highest BCUT2D eigenvalue weighted by Crippen LogP contribution is 2.14. The second kappa shape index (κ2) is 7.40. The van der Waals surface area contributed by atoms with Gasteiger partial charge < -0.3 is 15.3 Å². The fraction of sp³-hybridized carbons (Fsp3) is 0.250. The normalized spacial score (nSPS) is 15.8. The molecule has 0 saturated carbocycles. The maximum atomic E-state index is 12.2. The number of carbonyl (C=O) groups is 4. The van der Waals surface area contributed by atoms with Crippen LogP contribution < -0.4 is 5.32 Å². The van der Waals surface area contributed by atoms with Gasteiger partial charge in [-0.2, -0.15) is 0 Å². The number of carboxylic acids is 1. The number of carboxylic acid groups (broad SMARTS) is 1. The van der Waals surface area contributed by atoms with Gasteiger partial charge in [-0.05, 0) is 5.56 Å². The number of hydrogen-bond donors (Lipinski definition) is 2. The molecule has 1 aliphatic heterocycles. The first-order valence-corrected chi connectivity index (χ1v) is 7.25. The standard InChI is InChI=1S/C16H17N3O5/c1-2-8-18-9-10-19(14(21)13(18)20)16(24)17-12(15(22)23)11-6-4-3-5-7-11/h2-7,12H,1,8-10H2,(H,17,24)(H,22,23). The molecule has 1 aliphatic rings. The van der Waals surface area contributed by atoms with Gasteiger partial charge in [-0.3, -0.25) is 14.5 Å². The lowest BCUT2D eigenvalue weighted by Gasteiger charge is -2.32. The summed E-state index contributed by atoms with van der Waals surface area (Å²) in [7, 11) is 0. The van der Waals surface area contributed by atoms with Crippen LogP contribution in [-0.2, 0) is 14.4 Å². The zero-order valence-electron chi connectivity index (χ0n) is 12.8. The Bertz CT molecular complexity index is 674. The average Bonchev–Trinajstić information content (AvgIpc) is 2.57. The number of aliphatic carboxylic acids is 1. The van der Waals surface area contributed by atoms with Gasteiger partial charge in [0.15, 0.2) is 6.04 Å². The van der Waals surface area contributed by atoms with E-state index in [1.54, 1.807) is 30.3 Å². The molecular weight excluding hydrogens is 314 g/mol. The summed E-state index contributed by atoms with van der Waals surface area (Å²) in [5, 5.41) is 11.6. The lowest BCUT2D eigenvalue weighted by molar-refractivity contribution is -0.153. The number of nitrogens with zero attached hydrogens (tertiary/aromatic N) is 2. The Morgan fingerprint density at radius 1 is 1.21 bits per heavy atom. The second-order valence-electron chi connectivity index (χ2n) is 5.13. The predicted octanol–water partition coefficient (Wildman–Crippen LogP) is 0.379. The molecule has 2 N–H and O–H groups in total. The number of rotatable bonds is 5. The van der Waals surface area contributed by atoms with Gasteiger partial charge in [0.05, 0.1) is 0 Å². The van der Waals surface area contributed by atoms with Crippen LogP contribution in [0.15, 0.2) is 43.0 Å². The van der Waals surface area contributed by atoms with Crippen LogP contribution in [-0.4, -0.2) is 58.4 Å². The molecule has 1 saturated heterocycles. The first kappa shape index (κ1) is 17.2. The molecule has 2 rings (SSSR count). The number of imide groups is 1. The monoisotopic (exact) mass is 331 g/mol. The fourth-order valence-electron chi connectivity index (χ4n) is 2.33. The van der Waals surface area contributed by atoms with Crippen molar-refractivity contribution in [1.29, 1.82) is 0 Å². The van der Waals surface area contributed by atoms with Gasteiger partial charge >= 0.3 is 23.8 Å². The highest BCUT2D eigenvalue weighted by molar-refractivity contribution is 6.38. The number of carbonyl (C=O) groups excluding carboxylic acids is 3. The van der Waals surface area contributed by atoms with Crippen LogP contribution >= 0.6 is 0 Å². The Morgan fingerprint density at radius 2 is 1.88 bits per heavy atom. The van der Waals surface area contributed by atoms with Crippen molar-refractivity contribution in [3.05, 3.63) is 48.6 Å². The van der Waals surface area contributed by atoms with E-state index >= 15 is 0 Å². The van der Waals surface area contributed by atoms with Crippen LogP contribution in [0.4, 0.5) is 4.79 Å². The van der Waals surface area contributed by atoms with E-state index in [0.29, 0.717) is 5.56 Å². The largest absolute Gasteiger partial charge is 0.479 e. The molecule has 8 heteroatoms. The molecule has 1 fully saturated rings. The third kappa shape index (κ3) is 3.60. The highest BCUT2D eigenvalue weighted by Gasteiger charge is 2.37. The molecule has 1 aromatic carbocycles. The molecule has 4 amide bonds. The summed E-state index contributed by atoms with van der Waals surface area (Å²) < 4.78 is 0. The summed E-state index contributed by atoms with van der Waals surface area (Å²) in [6, 6.07) is 5.86. The van der Waals surface area contributed by atoms with Crippen LogP contribution in [0.2, 0.25) is 0 Å². The smallest absolute Gasteiger partial charge is 0.330 e. The Labute approximate surface area is 138 Å². The van der Waals surface area contributed by atoms with Crippen molar-refractivity contribution in [1.82, 2.24) is 15.1 Å². The van der Waals surface area contributed by atoms with Crippen molar-refractivity contribution >= 4 is 23.8 Å². The summed E-state index contributed by atoms with van der Waals surface area (Å²) >= 11 is 0. The number of urea groups is 1. The molecule has 1 aromatic rings. The summed E-state index contributed by atoms with van der Waals surface area (Å²) in [4.78, 5) is 49.6. The lowest BCUT2D eigenvalue weighted by Crippen LogP contribution is -2.58. The van der Waals surface area contributed by atoms with Crippen molar-refractivity contribution in [3.63, 3.8) is 0 Å². The van der Waals surface area contributed by atoms with Gasteiger partial charge in [-0.15, -0.1) is 6.58 Å². The topological polar surface area (TPSA) is 107 Å². The molecule has 1 heterocycles. The first-order chi connectivity index (χ1) is 11.5. The van der Waals surface area contributed by atoms with Crippen LogP contribution in [0, 0.1) is 0 Å². The molecule has 24 heavy (non-hydrogen) atoms. The number of nitrogens with one attached hydrogen (secondary N) is 1. The zero-order chi connectivity index (χ0) is 17.7. The number of piperazine rings is 1. The Hall–Kier alpha value is -3.16. The molecule has 8 nitrogen and oxygen atoms in total. The van der Waals surface area contributed by atoms with Crippen LogP contribution in [0.1, 0.15) is 11.6 Å². The van der Waals surface area contributed by atoms with E-state index in [4.69, 9.17) is 0 Å². The first-order valence-electron chi connectivity index (χ1n) is 7.25. The quantitative estimate of drug-likeness (QED) is 0.599. The third-order valence-electron chi connectivity index (χ3n) is 3.55. The van der Waals surface area contributed by atoms with Gasteiger partial charge in [0.2, 0.25) is 0 Å². The Kier molecular flexibility index (Phi) is 5.31. The minimum absolute atomic E-state index is 0.00856. The van der Waals surface area contributed by atoms with E-state index in [2.05, 4.69) is 11.9 Å². The van der Waals surface area contributed by atoms with Gasteiger partial charge in [-0.25, -0.2) is 9.59 Å². The number of hydrogen-bond acceptors (Lipinski definition) is 4. The van der Waals surface area contributed by atoms with E-state index in [9.17, 15) is 24.3 Å². The van der Waals surface area contributed by atoms with E-state index in [1.807, 2.05) is 0 Å². The Morgan fingerprint density at radius 3 is 2.46 bits per heavy atom. The Balaban J connectivity index is 2.11. The summed E-state index contributed by atoms with van der Waals surface area (Å²) in [5.74, 6) is -3.07. The molecule has 0 bridgehead atoms. The maximum absolute atomic E-state index is 12.2. The molecule has 0 radical (unpaired) electrons. The molecule has 1 atom stereocenters. The lowest BCUT2D eigenvalue weighted by atomic mass is 10.1. The minimum atomic E-state index is -1.31. The molecule has 0 spiro atoms. The van der Waals surface area contributed by atoms with Crippen molar-refractivity contribution in [2.75, 3.05) is 19.6 Å². The minimum Gasteiger partial charge on any atom is -0.479 e. The zero-order valence-corrected chi connectivity index (χ0v) is 12.8. The van der Waals surface area contributed by atoms with Crippen molar-refractivity contribution in [2.24, 2.45) is 0 Å². The summed E-state index contributed by atoms with van der Waals surface area (Å²) in [5.41, 5.74) is 0.363. The number of benzene rings is 1. The summed E-state index contributed by atoms with van der Waals surface area (Å²) in [6.07, 6.45) is 1.48. The van der Waals surface area contributed by atoms with E-state index in [0.717, 1.165) is 4.90 Å². The van der Waals surface area contributed by atoms with Gasteiger partial charge in [0, 0.05) is 19.6 Å². The summed E-state index contributed by atoms with van der Waals surface area (Å²) in [6.45, 7) is 3.87. The molecule has 0 aliphatic carbocycles. The van der Waals surface area contributed by atoms with E-state index in [-0.39, 0.29) is 19.6 Å². The van der Waals surface area contributed by atoms with Crippen LogP contribution in [0.3, 0.4) is 0 Å². The third-order valence-corrected chi connectivity index (χ3v) is 3.55. The van der Waals surface area contributed by atoms with E-state index in [1.165, 1.54) is 11.0 Å². The molecule has 0 aromatic heterocycles. The SMILES string of the molecule is C=CCN1CCN(C(=O)NC(C(=O)O)c2ccccc2)C(=O)C1=O. The highest BCUT2D eigenvalue weighted by atomic mass is 16.4. The van der Waals surface area contributed by atoms with Gasteiger partial charge in [0.25, 0.3) is 0 Å². The second-order valence-corrected chi connectivity index (χ2v) is 5.13. The van der Waals surface area contributed by atoms with Gasteiger partial charge in [0.1, 0.15) is 0 Å². The van der Waals surface area contributed by atoms with Crippen molar-refractivity contribution in [2.45, 2.75) is 6.04 Å². The fourth-order valence-corrected chi connectivity index (χ4v) is 2.33. The predicted molar refractivity (Wildman–Crippen MR) is 83.8 cm³/mol. The maximum Gasteiger partial charge on any atom is 0.330 e. The molecular formula is C16H17N3O5. The number of amides is 4. The van der Waals surface area contributed by atoms with Crippen molar-refractivity contribution < 1.29 is 24.3 Å². The van der Waals surface area contributed by atoms with Gasteiger partial charge in [-0.1, -0.05) is 36.4 Å². The van der Waals surface area contributed by atoms with Crippen LogP contribution in [0.25, 0.3) is 0 Å². The molecule has 1 unspecified atom stereocenters. The van der Waals surface area contributed by atoms with Crippen molar-refractivity contribution in [3.8, 4) is 0 Å².